The molecule has 24 heavy (non-hydrogen) atoms. The fraction of sp³-hybridized carbons (Fsp3) is 0.950. The molecule has 1 aliphatic rings. The summed E-state index contributed by atoms with van der Waals surface area (Å²) in [4.78, 5) is 23.0. The zero-order chi connectivity index (χ0) is 18.2. The van der Waals surface area contributed by atoms with Crippen molar-refractivity contribution in [2.45, 2.75) is 97.7 Å². The minimum atomic E-state index is -0.238. The summed E-state index contributed by atoms with van der Waals surface area (Å²) >= 11 is 0. The van der Waals surface area contributed by atoms with Crippen LogP contribution >= 0.6 is 0 Å². The molecule has 0 aromatic rings. The van der Waals surface area contributed by atoms with E-state index in [-0.39, 0.29) is 24.1 Å². The molecule has 0 saturated carbocycles. The summed E-state index contributed by atoms with van der Waals surface area (Å²) in [6, 6.07) is 0. The van der Waals surface area contributed by atoms with Gasteiger partial charge in [-0.05, 0) is 43.4 Å². The van der Waals surface area contributed by atoms with Crippen molar-refractivity contribution in [3.05, 3.63) is 0 Å². The zero-order valence-electron chi connectivity index (χ0n) is 16.6. The first-order valence-electron chi connectivity index (χ1n) is 9.80. The van der Waals surface area contributed by atoms with Crippen LogP contribution in [0.5, 0.6) is 0 Å². The van der Waals surface area contributed by atoms with Crippen molar-refractivity contribution in [1.82, 2.24) is 0 Å². The monoisotopic (exact) mass is 342 g/mol. The predicted octanol–water partition coefficient (Wildman–Crippen LogP) is 5.30. The van der Waals surface area contributed by atoms with Gasteiger partial charge in [-0.15, -0.1) is 0 Å². The topological polar surface area (TPSA) is 44.8 Å². The van der Waals surface area contributed by atoms with Crippen LogP contribution in [0.3, 0.4) is 0 Å². The van der Waals surface area contributed by atoms with Crippen LogP contribution < -0.4 is 0 Å². The van der Waals surface area contributed by atoms with E-state index < -0.39 is 0 Å². The van der Waals surface area contributed by atoms with Crippen molar-refractivity contribution in [3.8, 4) is 0 Å². The van der Waals surface area contributed by atoms with E-state index >= 15 is 0 Å². The summed E-state index contributed by atoms with van der Waals surface area (Å²) < 4.78 is 4.75. The Labute approximate surface area is 148 Å². The predicted molar refractivity (Wildman–Crippen MR) is 96.5 cm³/mol. The maximum absolute atomic E-state index is 11.5. The molecular formula is C20H38O4. The Morgan fingerprint density at radius 3 is 2.54 bits per heavy atom. The van der Waals surface area contributed by atoms with E-state index in [2.05, 4.69) is 34.6 Å². The summed E-state index contributed by atoms with van der Waals surface area (Å²) in [6.45, 7) is 11.2. The molecular weight excluding hydrogens is 304 g/mol. The maximum Gasteiger partial charge on any atom is 0.308 e. The number of rotatable bonds is 10. The SMILES string of the molecule is CCCC(CC)CC(C)C[C@]1(CC)C[C@H](C)[C@H](CC(=O)OC)OO1. The highest BCUT2D eigenvalue weighted by atomic mass is 17.2. The Balaban J connectivity index is 2.60. The maximum atomic E-state index is 11.5. The second kappa shape index (κ2) is 10.4. The molecule has 0 bridgehead atoms. The second-order valence-electron chi connectivity index (χ2n) is 7.82. The average Bonchev–Trinajstić information content (AvgIpc) is 2.56. The lowest BCUT2D eigenvalue weighted by Gasteiger charge is -2.43. The fourth-order valence-corrected chi connectivity index (χ4v) is 4.14. The van der Waals surface area contributed by atoms with E-state index in [9.17, 15) is 4.79 Å². The zero-order valence-corrected chi connectivity index (χ0v) is 16.6. The smallest absolute Gasteiger partial charge is 0.308 e. The normalized spacial score (nSPS) is 29.9. The minimum absolute atomic E-state index is 0.198. The molecule has 0 spiro atoms. The molecule has 0 radical (unpaired) electrons. The lowest BCUT2D eigenvalue weighted by Crippen LogP contribution is -2.45. The Morgan fingerprint density at radius 2 is 2.04 bits per heavy atom. The molecule has 1 fully saturated rings. The van der Waals surface area contributed by atoms with E-state index in [1.165, 1.54) is 32.8 Å². The highest BCUT2D eigenvalue weighted by Gasteiger charge is 2.42. The van der Waals surface area contributed by atoms with Crippen LogP contribution in [0.2, 0.25) is 0 Å². The number of methoxy groups -OCH3 is 1. The van der Waals surface area contributed by atoms with Gasteiger partial charge in [-0.25, -0.2) is 9.78 Å². The summed E-state index contributed by atoms with van der Waals surface area (Å²) in [5.74, 6) is 1.49. The number of esters is 1. The van der Waals surface area contributed by atoms with Gasteiger partial charge in [0, 0.05) is 0 Å². The van der Waals surface area contributed by atoms with Crippen molar-refractivity contribution in [2.24, 2.45) is 17.8 Å². The summed E-state index contributed by atoms with van der Waals surface area (Å²) in [7, 11) is 1.41. The fourth-order valence-electron chi connectivity index (χ4n) is 4.14. The molecule has 4 heteroatoms. The molecule has 0 N–H and O–H groups in total. The third-order valence-electron chi connectivity index (χ3n) is 5.65. The molecule has 1 rings (SSSR count). The van der Waals surface area contributed by atoms with E-state index in [1.807, 2.05) is 0 Å². The Hall–Kier alpha value is -0.610. The molecule has 0 amide bonds. The molecule has 1 heterocycles. The minimum Gasteiger partial charge on any atom is -0.469 e. The van der Waals surface area contributed by atoms with Gasteiger partial charge in [-0.2, -0.15) is 0 Å². The molecule has 5 atom stereocenters. The van der Waals surface area contributed by atoms with Crippen molar-refractivity contribution in [3.63, 3.8) is 0 Å². The Kier molecular flexibility index (Phi) is 9.28. The van der Waals surface area contributed by atoms with Crippen molar-refractivity contribution >= 4 is 5.97 Å². The van der Waals surface area contributed by atoms with Crippen LogP contribution in [0, 0.1) is 17.8 Å². The third-order valence-corrected chi connectivity index (χ3v) is 5.65. The summed E-state index contributed by atoms with van der Waals surface area (Å²) in [5.41, 5.74) is -0.212. The molecule has 4 nitrogen and oxygen atoms in total. The van der Waals surface area contributed by atoms with Gasteiger partial charge in [0.25, 0.3) is 0 Å². The Bertz CT molecular complexity index is 371. The van der Waals surface area contributed by atoms with Crippen LogP contribution in [0.25, 0.3) is 0 Å². The highest BCUT2D eigenvalue weighted by Crippen LogP contribution is 2.40. The number of hydrogen-bond donors (Lipinski definition) is 0. The van der Waals surface area contributed by atoms with Crippen molar-refractivity contribution in [1.29, 1.82) is 0 Å². The van der Waals surface area contributed by atoms with Gasteiger partial charge in [0.15, 0.2) is 0 Å². The lowest BCUT2D eigenvalue weighted by molar-refractivity contribution is -0.423. The Morgan fingerprint density at radius 1 is 1.33 bits per heavy atom. The standard InChI is InChI=1S/C20H38O4/c1-7-10-17(8-2)11-15(4)13-20(9-3)14-16(5)18(23-24-20)12-19(21)22-6/h15-18H,7-14H2,1-6H3/t15?,16-,17?,18-,20+/m0/s1. The van der Waals surface area contributed by atoms with Gasteiger partial charge in [0.05, 0.1) is 13.5 Å². The van der Waals surface area contributed by atoms with Crippen LogP contribution in [0.4, 0.5) is 0 Å². The van der Waals surface area contributed by atoms with E-state index in [0.29, 0.717) is 11.8 Å². The molecule has 0 aromatic carbocycles. The van der Waals surface area contributed by atoms with Gasteiger partial charge < -0.3 is 4.74 Å². The second-order valence-corrected chi connectivity index (χ2v) is 7.82. The summed E-state index contributed by atoms with van der Waals surface area (Å²) in [5, 5.41) is 0. The number of carbonyl (C=O) groups excluding carboxylic acids is 1. The average molecular weight is 343 g/mol. The first-order chi connectivity index (χ1) is 11.4. The molecule has 0 aliphatic carbocycles. The van der Waals surface area contributed by atoms with Gasteiger partial charge in [-0.3, -0.25) is 4.79 Å². The van der Waals surface area contributed by atoms with Crippen molar-refractivity contribution < 1.29 is 19.3 Å². The van der Waals surface area contributed by atoms with Crippen LogP contribution in [-0.2, 0) is 19.3 Å². The first-order valence-corrected chi connectivity index (χ1v) is 9.80. The quantitative estimate of drug-likeness (QED) is 0.399. The van der Waals surface area contributed by atoms with E-state index in [4.69, 9.17) is 14.5 Å². The van der Waals surface area contributed by atoms with Crippen LogP contribution in [0.1, 0.15) is 86.0 Å². The molecule has 0 aromatic heterocycles. The van der Waals surface area contributed by atoms with Gasteiger partial charge in [0.1, 0.15) is 11.7 Å². The van der Waals surface area contributed by atoms with Gasteiger partial charge in [0.2, 0.25) is 0 Å². The number of carbonyl (C=O) groups is 1. The number of ether oxygens (including phenoxy) is 1. The molecule has 1 saturated heterocycles. The largest absolute Gasteiger partial charge is 0.469 e. The molecule has 142 valence electrons. The highest BCUT2D eigenvalue weighted by molar-refractivity contribution is 5.69. The van der Waals surface area contributed by atoms with E-state index in [1.54, 1.807) is 0 Å². The molecule has 1 aliphatic heterocycles. The van der Waals surface area contributed by atoms with E-state index in [0.717, 1.165) is 25.2 Å². The number of hydrogen-bond acceptors (Lipinski definition) is 4. The van der Waals surface area contributed by atoms with Crippen LogP contribution in [0.15, 0.2) is 0 Å². The lowest BCUT2D eigenvalue weighted by atomic mass is 9.77. The third kappa shape index (κ3) is 6.36. The molecule has 2 unspecified atom stereocenters. The van der Waals surface area contributed by atoms with Gasteiger partial charge >= 0.3 is 5.97 Å². The van der Waals surface area contributed by atoms with Gasteiger partial charge in [-0.1, -0.05) is 53.9 Å². The summed E-state index contributed by atoms with van der Waals surface area (Å²) in [6.07, 6.45) is 8.07. The van der Waals surface area contributed by atoms with Crippen LogP contribution in [-0.4, -0.2) is 24.8 Å². The van der Waals surface area contributed by atoms with Crippen molar-refractivity contribution in [2.75, 3.05) is 7.11 Å². The first kappa shape index (κ1) is 21.4.